The Labute approximate surface area is 168 Å². The Morgan fingerprint density at radius 1 is 1.36 bits per heavy atom. The molecule has 1 fully saturated rings. The third-order valence-corrected chi connectivity index (χ3v) is 5.38. The minimum Gasteiger partial charge on any atom is -0.384 e. The summed E-state index contributed by atoms with van der Waals surface area (Å²) in [6.07, 6.45) is 3.17. The maximum atomic E-state index is 11.5. The molecule has 0 aromatic heterocycles. The van der Waals surface area contributed by atoms with Crippen LogP contribution in [-0.4, -0.2) is 65.9 Å². The van der Waals surface area contributed by atoms with Crippen LogP contribution >= 0.6 is 24.0 Å². The number of methoxy groups -OCH3 is 1. The lowest BCUT2D eigenvalue weighted by molar-refractivity contribution is 0.157. The van der Waals surface area contributed by atoms with Crippen molar-refractivity contribution in [2.24, 2.45) is 10.9 Å². The highest BCUT2D eigenvalue weighted by atomic mass is 127. The van der Waals surface area contributed by atoms with E-state index in [4.69, 9.17) is 4.74 Å². The van der Waals surface area contributed by atoms with Gasteiger partial charge in [-0.05, 0) is 30.5 Å². The van der Waals surface area contributed by atoms with Crippen LogP contribution in [0.2, 0.25) is 0 Å². The average Bonchev–Trinajstić information content (AvgIpc) is 3.00. The van der Waals surface area contributed by atoms with Gasteiger partial charge in [0, 0.05) is 46.0 Å². The van der Waals surface area contributed by atoms with Crippen LogP contribution in [0.1, 0.15) is 12.0 Å². The summed E-state index contributed by atoms with van der Waals surface area (Å²) in [7, 11) is 0.409. The van der Waals surface area contributed by atoms with Crippen LogP contribution < -0.4 is 5.32 Å². The number of hydrogen-bond acceptors (Lipinski definition) is 4. The minimum atomic E-state index is -3.13. The molecule has 0 spiro atoms. The number of sulfone groups is 1. The number of benzene rings is 1. The Hall–Kier alpha value is -0.870. The van der Waals surface area contributed by atoms with Gasteiger partial charge in [0.2, 0.25) is 0 Å². The zero-order valence-electron chi connectivity index (χ0n) is 15.1. The molecule has 1 aliphatic rings. The maximum Gasteiger partial charge on any atom is 0.193 e. The Bertz CT molecular complexity index is 662. The molecular weight excluding hydrogens is 453 g/mol. The quantitative estimate of drug-likeness (QED) is 0.381. The minimum absolute atomic E-state index is 0. The first-order valence-electron chi connectivity index (χ1n) is 8.17. The lowest BCUT2D eigenvalue weighted by Crippen LogP contribution is -2.41. The molecule has 1 aromatic carbocycles. The van der Waals surface area contributed by atoms with Gasteiger partial charge in [-0.1, -0.05) is 12.1 Å². The summed E-state index contributed by atoms with van der Waals surface area (Å²) in [5, 5.41) is 3.38. The predicted octanol–water partition coefficient (Wildman–Crippen LogP) is 1.79. The molecule has 1 atom stereocenters. The van der Waals surface area contributed by atoms with Crippen molar-refractivity contribution in [3.63, 3.8) is 0 Å². The Balaban J connectivity index is 0.00000312. The van der Waals surface area contributed by atoms with Crippen LogP contribution in [0.5, 0.6) is 0 Å². The summed E-state index contributed by atoms with van der Waals surface area (Å²) in [5.74, 6) is 1.48. The molecule has 1 aliphatic heterocycles. The third-order valence-electron chi connectivity index (χ3n) is 4.25. The van der Waals surface area contributed by atoms with Crippen molar-refractivity contribution in [3.8, 4) is 0 Å². The van der Waals surface area contributed by atoms with E-state index in [1.54, 1.807) is 26.3 Å². The zero-order valence-corrected chi connectivity index (χ0v) is 18.2. The predicted molar refractivity (Wildman–Crippen MR) is 112 cm³/mol. The number of hydrogen-bond donors (Lipinski definition) is 1. The summed E-state index contributed by atoms with van der Waals surface area (Å²) in [6, 6.07) is 7.06. The van der Waals surface area contributed by atoms with E-state index < -0.39 is 9.84 Å². The van der Waals surface area contributed by atoms with E-state index in [-0.39, 0.29) is 24.0 Å². The van der Waals surface area contributed by atoms with E-state index >= 15 is 0 Å². The number of likely N-dealkylation sites (tertiary alicyclic amines) is 1. The van der Waals surface area contributed by atoms with E-state index in [1.165, 1.54) is 6.26 Å². The first kappa shape index (κ1) is 22.2. The molecule has 0 aliphatic carbocycles. The fourth-order valence-corrected chi connectivity index (χ4v) is 3.58. The van der Waals surface area contributed by atoms with E-state index in [0.717, 1.165) is 50.6 Å². The van der Waals surface area contributed by atoms with Crippen LogP contribution in [0, 0.1) is 5.92 Å². The van der Waals surface area contributed by atoms with Crippen LogP contribution in [0.25, 0.3) is 0 Å². The van der Waals surface area contributed by atoms with Crippen molar-refractivity contribution in [2.75, 3.05) is 46.7 Å². The third kappa shape index (κ3) is 6.74. The van der Waals surface area contributed by atoms with Gasteiger partial charge in [0.15, 0.2) is 15.8 Å². The van der Waals surface area contributed by atoms with Gasteiger partial charge in [0.05, 0.1) is 11.5 Å². The van der Waals surface area contributed by atoms with Crippen LogP contribution in [0.4, 0.5) is 0 Å². The smallest absolute Gasteiger partial charge is 0.193 e. The SMILES string of the molecule is CN=C(NCCc1ccc(S(C)(=O)=O)cc1)N1CCC(COC)C1.I. The summed E-state index contributed by atoms with van der Waals surface area (Å²) in [4.78, 5) is 6.97. The molecule has 25 heavy (non-hydrogen) atoms. The molecule has 0 radical (unpaired) electrons. The van der Waals surface area contributed by atoms with Gasteiger partial charge in [-0.2, -0.15) is 0 Å². The second kappa shape index (κ2) is 10.3. The van der Waals surface area contributed by atoms with E-state index in [2.05, 4.69) is 15.2 Å². The highest BCUT2D eigenvalue weighted by molar-refractivity contribution is 14.0. The average molecular weight is 481 g/mol. The number of nitrogens with one attached hydrogen (secondary N) is 1. The van der Waals surface area contributed by atoms with Crippen molar-refractivity contribution in [1.82, 2.24) is 10.2 Å². The van der Waals surface area contributed by atoms with Crippen molar-refractivity contribution in [3.05, 3.63) is 29.8 Å². The molecule has 142 valence electrons. The second-order valence-corrected chi connectivity index (χ2v) is 8.21. The molecule has 0 bridgehead atoms. The molecule has 6 nitrogen and oxygen atoms in total. The molecule has 2 rings (SSSR count). The molecule has 1 unspecified atom stereocenters. The fourth-order valence-electron chi connectivity index (χ4n) is 2.95. The van der Waals surface area contributed by atoms with E-state index in [9.17, 15) is 8.42 Å². The van der Waals surface area contributed by atoms with Crippen molar-refractivity contribution in [2.45, 2.75) is 17.7 Å². The molecule has 1 saturated heterocycles. The van der Waals surface area contributed by atoms with Gasteiger partial charge in [-0.15, -0.1) is 24.0 Å². The largest absolute Gasteiger partial charge is 0.384 e. The van der Waals surface area contributed by atoms with Gasteiger partial charge in [-0.25, -0.2) is 8.42 Å². The normalized spacial score (nSPS) is 18.1. The maximum absolute atomic E-state index is 11.5. The van der Waals surface area contributed by atoms with Crippen LogP contribution in [0.3, 0.4) is 0 Å². The number of rotatable bonds is 6. The van der Waals surface area contributed by atoms with Gasteiger partial charge in [-0.3, -0.25) is 4.99 Å². The van der Waals surface area contributed by atoms with Gasteiger partial charge >= 0.3 is 0 Å². The van der Waals surface area contributed by atoms with E-state index in [1.807, 2.05) is 12.1 Å². The highest BCUT2D eigenvalue weighted by Gasteiger charge is 2.24. The number of guanidine groups is 1. The molecule has 1 N–H and O–H groups in total. The highest BCUT2D eigenvalue weighted by Crippen LogP contribution is 2.16. The second-order valence-electron chi connectivity index (χ2n) is 6.20. The Morgan fingerprint density at radius 3 is 2.60 bits per heavy atom. The van der Waals surface area contributed by atoms with Crippen molar-refractivity contribution < 1.29 is 13.2 Å². The van der Waals surface area contributed by atoms with Crippen LogP contribution in [0.15, 0.2) is 34.2 Å². The molecule has 8 heteroatoms. The van der Waals surface area contributed by atoms with Gasteiger partial charge < -0.3 is 15.0 Å². The summed E-state index contributed by atoms with van der Waals surface area (Å²) < 4.78 is 28.2. The summed E-state index contributed by atoms with van der Waals surface area (Å²) in [5.41, 5.74) is 1.10. The molecule has 1 aromatic rings. The first-order valence-corrected chi connectivity index (χ1v) is 10.1. The van der Waals surface area contributed by atoms with Gasteiger partial charge in [0.1, 0.15) is 0 Å². The Morgan fingerprint density at radius 2 is 2.04 bits per heavy atom. The van der Waals surface area contributed by atoms with Crippen LogP contribution in [-0.2, 0) is 21.0 Å². The number of halogens is 1. The number of aliphatic imine (C=N–C) groups is 1. The first-order chi connectivity index (χ1) is 11.4. The molecule has 1 heterocycles. The van der Waals surface area contributed by atoms with Gasteiger partial charge in [0.25, 0.3) is 0 Å². The zero-order chi connectivity index (χ0) is 17.6. The monoisotopic (exact) mass is 481 g/mol. The molecular formula is C17H28IN3O3S. The number of ether oxygens (including phenoxy) is 1. The summed E-state index contributed by atoms with van der Waals surface area (Å²) in [6.45, 7) is 3.52. The lowest BCUT2D eigenvalue weighted by atomic mass is 10.1. The Kier molecular flexibility index (Phi) is 9.15. The topological polar surface area (TPSA) is 71.0 Å². The van der Waals surface area contributed by atoms with E-state index in [0.29, 0.717) is 10.8 Å². The lowest BCUT2D eigenvalue weighted by Gasteiger charge is -2.21. The van der Waals surface area contributed by atoms with Crippen molar-refractivity contribution in [1.29, 1.82) is 0 Å². The molecule has 0 amide bonds. The standard InChI is InChI=1S/C17H27N3O3S.HI/c1-18-17(20-11-9-15(12-20)13-23-2)19-10-8-14-4-6-16(7-5-14)24(3,21)22;/h4-7,15H,8-13H2,1-3H3,(H,18,19);1H. The van der Waals surface area contributed by atoms with Crippen molar-refractivity contribution >= 4 is 39.8 Å². The number of nitrogens with zero attached hydrogens (tertiary/aromatic N) is 2. The molecule has 0 saturated carbocycles. The summed E-state index contributed by atoms with van der Waals surface area (Å²) >= 11 is 0. The fraction of sp³-hybridized carbons (Fsp3) is 0.588.